The van der Waals surface area contributed by atoms with Gasteiger partial charge in [0.1, 0.15) is 5.82 Å². The van der Waals surface area contributed by atoms with Gasteiger partial charge in [0.25, 0.3) is 0 Å². The van der Waals surface area contributed by atoms with E-state index in [0.717, 1.165) is 45.5 Å². The lowest BCUT2D eigenvalue weighted by molar-refractivity contribution is 0.155. The third kappa shape index (κ3) is 7.99. The number of likely N-dealkylation sites (tertiary alicyclic amines) is 1. The van der Waals surface area contributed by atoms with Gasteiger partial charge in [-0.25, -0.2) is 4.39 Å². The van der Waals surface area contributed by atoms with Crippen molar-refractivity contribution in [2.24, 2.45) is 4.99 Å². The Morgan fingerprint density at radius 3 is 2.74 bits per heavy atom. The summed E-state index contributed by atoms with van der Waals surface area (Å²) in [6.45, 7) is 4.32. The van der Waals surface area contributed by atoms with Gasteiger partial charge in [-0.2, -0.15) is 5.26 Å². The Bertz CT molecular complexity index is 641. The molecule has 27 heavy (non-hydrogen) atoms. The Morgan fingerprint density at radius 1 is 1.41 bits per heavy atom. The molecule has 1 aromatic rings. The third-order valence-corrected chi connectivity index (χ3v) is 4.60. The predicted octanol–water partition coefficient (Wildman–Crippen LogP) is 2.48. The number of nitrogens with one attached hydrogen (secondary N) is 2. The van der Waals surface area contributed by atoms with E-state index in [4.69, 9.17) is 10.00 Å². The third-order valence-electron chi connectivity index (χ3n) is 4.60. The molecule has 0 unspecified atom stereocenters. The minimum Gasteiger partial charge on any atom is -0.385 e. The fraction of sp³-hybridized carbons (Fsp3) is 0.579. The van der Waals surface area contributed by atoms with Crippen molar-refractivity contribution in [2.75, 3.05) is 40.4 Å². The van der Waals surface area contributed by atoms with Crippen LogP contribution in [0, 0.1) is 17.1 Å². The van der Waals surface area contributed by atoms with Crippen LogP contribution in [-0.4, -0.2) is 57.3 Å². The molecule has 1 aliphatic heterocycles. The van der Waals surface area contributed by atoms with Crippen LogP contribution < -0.4 is 10.6 Å². The van der Waals surface area contributed by atoms with E-state index in [0.29, 0.717) is 29.7 Å². The highest BCUT2D eigenvalue weighted by molar-refractivity contribution is 14.0. The molecule has 0 bridgehead atoms. The van der Waals surface area contributed by atoms with Crippen LogP contribution in [0.5, 0.6) is 0 Å². The molecule has 0 radical (unpaired) electrons. The number of ether oxygens (including phenoxy) is 1. The second-order valence-corrected chi connectivity index (χ2v) is 6.45. The van der Waals surface area contributed by atoms with E-state index < -0.39 is 0 Å². The Morgan fingerprint density at radius 2 is 2.15 bits per heavy atom. The van der Waals surface area contributed by atoms with Crippen molar-refractivity contribution in [3.63, 3.8) is 0 Å². The molecule has 2 rings (SSSR count). The second kappa shape index (κ2) is 12.9. The molecular weight excluding hydrogens is 460 g/mol. The number of hydrogen-bond acceptors (Lipinski definition) is 4. The smallest absolute Gasteiger partial charge is 0.191 e. The van der Waals surface area contributed by atoms with Gasteiger partial charge < -0.3 is 20.3 Å². The molecule has 1 aromatic carbocycles. The number of nitrogens with zero attached hydrogens (tertiary/aromatic N) is 3. The molecule has 0 amide bonds. The fourth-order valence-electron chi connectivity index (χ4n) is 3.06. The summed E-state index contributed by atoms with van der Waals surface area (Å²) in [6.07, 6.45) is 3.17. The van der Waals surface area contributed by atoms with Gasteiger partial charge >= 0.3 is 0 Å². The van der Waals surface area contributed by atoms with Crippen molar-refractivity contribution < 1.29 is 9.13 Å². The minimum atomic E-state index is -0.378. The van der Waals surface area contributed by atoms with E-state index >= 15 is 0 Å². The Labute approximate surface area is 178 Å². The summed E-state index contributed by atoms with van der Waals surface area (Å²) in [6, 6.07) is 6.81. The summed E-state index contributed by atoms with van der Waals surface area (Å²) < 4.78 is 19.1. The zero-order chi connectivity index (χ0) is 18.8. The molecule has 1 aliphatic rings. The number of hydrogen-bond donors (Lipinski definition) is 2. The van der Waals surface area contributed by atoms with Gasteiger partial charge in [0.15, 0.2) is 5.96 Å². The maximum absolute atomic E-state index is 14.0. The molecule has 0 aromatic heterocycles. The van der Waals surface area contributed by atoms with Crippen molar-refractivity contribution in [1.29, 1.82) is 5.26 Å². The molecule has 1 saturated heterocycles. The Balaban J connectivity index is 0.00000364. The molecular formula is C19H29FIN5O. The first-order chi connectivity index (χ1) is 12.7. The summed E-state index contributed by atoms with van der Waals surface area (Å²) in [5.41, 5.74) is 0.839. The van der Waals surface area contributed by atoms with E-state index in [1.165, 1.54) is 6.07 Å². The van der Waals surface area contributed by atoms with Gasteiger partial charge in [0, 0.05) is 58.5 Å². The van der Waals surface area contributed by atoms with Crippen molar-refractivity contribution in [3.05, 3.63) is 35.1 Å². The van der Waals surface area contributed by atoms with Crippen LogP contribution in [0.3, 0.4) is 0 Å². The number of piperidine rings is 1. The Kier molecular flexibility index (Phi) is 11.2. The van der Waals surface area contributed by atoms with E-state index in [1.54, 1.807) is 26.3 Å². The van der Waals surface area contributed by atoms with Gasteiger partial charge in [0.05, 0.1) is 11.6 Å². The van der Waals surface area contributed by atoms with E-state index in [2.05, 4.69) is 20.5 Å². The SMILES string of the molecule is CN=C(NCc1ccc(C#N)cc1F)NC1CCN(CCCOC)CC1.I. The topological polar surface area (TPSA) is 72.7 Å². The normalized spacial score (nSPS) is 15.7. The molecule has 0 atom stereocenters. The molecule has 150 valence electrons. The lowest BCUT2D eigenvalue weighted by Crippen LogP contribution is -2.48. The maximum Gasteiger partial charge on any atom is 0.191 e. The van der Waals surface area contributed by atoms with Crippen LogP contribution in [0.15, 0.2) is 23.2 Å². The van der Waals surface area contributed by atoms with Gasteiger partial charge in [-0.05, 0) is 31.4 Å². The number of nitriles is 1. The van der Waals surface area contributed by atoms with Gasteiger partial charge in [0.2, 0.25) is 0 Å². The quantitative estimate of drug-likeness (QED) is 0.267. The monoisotopic (exact) mass is 489 g/mol. The summed E-state index contributed by atoms with van der Waals surface area (Å²) in [5.74, 6) is 0.294. The van der Waals surface area contributed by atoms with Crippen LogP contribution in [0.1, 0.15) is 30.4 Å². The van der Waals surface area contributed by atoms with Gasteiger partial charge in [-0.1, -0.05) is 6.07 Å². The van der Waals surface area contributed by atoms with Crippen molar-refractivity contribution in [1.82, 2.24) is 15.5 Å². The first-order valence-electron chi connectivity index (χ1n) is 9.03. The average molecular weight is 489 g/mol. The lowest BCUT2D eigenvalue weighted by atomic mass is 10.1. The van der Waals surface area contributed by atoms with Gasteiger partial charge in [-0.3, -0.25) is 4.99 Å². The van der Waals surface area contributed by atoms with E-state index in [9.17, 15) is 4.39 Å². The van der Waals surface area contributed by atoms with Crippen molar-refractivity contribution >= 4 is 29.9 Å². The summed E-state index contributed by atoms with van der Waals surface area (Å²) in [5, 5.41) is 15.4. The van der Waals surface area contributed by atoms with Crippen LogP contribution in [0.25, 0.3) is 0 Å². The number of aliphatic imine (C=N–C) groups is 1. The number of methoxy groups -OCH3 is 1. The summed E-state index contributed by atoms with van der Waals surface area (Å²) in [7, 11) is 3.45. The number of rotatable bonds is 7. The first kappa shape index (κ1) is 23.6. The largest absolute Gasteiger partial charge is 0.385 e. The summed E-state index contributed by atoms with van der Waals surface area (Å²) >= 11 is 0. The lowest BCUT2D eigenvalue weighted by Gasteiger charge is -2.33. The minimum absolute atomic E-state index is 0. The van der Waals surface area contributed by atoms with Crippen LogP contribution in [0.2, 0.25) is 0 Å². The zero-order valence-corrected chi connectivity index (χ0v) is 18.3. The molecule has 0 saturated carbocycles. The van der Waals surface area contributed by atoms with Crippen LogP contribution in [0.4, 0.5) is 4.39 Å². The zero-order valence-electron chi connectivity index (χ0n) is 16.0. The average Bonchev–Trinajstić information content (AvgIpc) is 2.67. The number of guanidine groups is 1. The standard InChI is InChI=1S/C19H28FN5O.HI/c1-22-19(23-14-16-5-4-15(13-21)12-18(16)20)24-17-6-9-25(10-7-17)8-3-11-26-2;/h4-5,12,17H,3,6-11,14H2,1-2H3,(H2,22,23,24);1H. The second-order valence-electron chi connectivity index (χ2n) is 6.45. The van der Waals surface area contributed by atoms with E-state index in [-0.39, 0.29) is 29.8 Å². The van der Waals surface area contributed by atoms with Crippen LogP contribution >= 0.6 is 24.0 Å². The molecule has 1 fully saturated rings. The highest BCUT2D eigenvalue weighted by Gasteiger charge is 2.19. The number of benzene rings is 1. The molecule has 1 heterocycles. The number of halogens is 2. The molecule has 6 nitrogen and oxygen atoms in total. The van der Waals surface area contributed by atoms with Crippen molar-refractivity contribution in [2.45, 2.75) is 31.8 Å². The Hall–Kier alpha value is -1.44. The first-order valence-corrected chi connectivity index (χ1v) is 9.03. The van der Waals surface area contributed by atoms with E-state index in [1.807, 2.05) is 6.07 Å². The summed E-state index contributed by atoms with van der Waals surface area (Å²) in [4.78, 5) is 6.69. The highest BCUT2D eigenvalue weighted by atomic mass is 127. The van der Waals surface area contributed by atoms with Gasteiger partial charge in [-0.15, -0.1) is 24.0 Å². The molecule has 0 spiro atoms. The molecule has 8 heteroatoms. The fourth-order valence-corrected chi connectivity index (χ4v) is 3.06. The highest BCUT2D eigenvalue weighted by Crippen LogP contribution is 2.12. The van der Waals surface area contributed by atoms with Crippen LogP contribution in [-0.2, 0) is 11.3 Å². The molecule has 2 N–H and O–H groups in total. The predicted molar refractivity (Wildman–Crippen MR) is 116 cm³/mol. The van der Waals surface area contributed by atoms with Crippen molar-refractivity contribution in [3.8, 4) is 6.07 Å². The molecule has 0 aliphatic carbocycles. The maximum atomic E-state index is 14.0.